The molecule has 3 rings (SSSR count). The van der Waals surface area contributed by atoms with Crippen molar-refractivity contribution in [2.24, 2.45) is 0 Å². The largest absolute Gasteiger partial charge is 0.495 e. The average molecular weight is 404 g/mol. The van der Waals surface area contributed by atoms with Crippen LogP contribution in [-0.2, 0) is 11.3 Å². The van der Waals surface area contributed by atoms with Crippen molar-refractivity contribution in [3.05, 3.63) is 24.8 Å². The Morgan fingerprint density at radius 2 is 1.93 bits per heavy atom. The van der Waals surface area contributed by atoms with Gasteiger partial charge in [0.05, 0.1) is 14.2 Å². The number of fused-ring (bicyclic) bond motifs is 1. The molecule has 1 aromatic carbocycles. The number of methoxy groups -OCH3 is 2. The monoisotopic (exact) mass is 404 g/mol. The average Bonchev–Trinajstić information content (AvgIpc) is 3.33. The van der Waals surface area contributed by atoms with Gasteiger partial charge in [0, 0.05) is 6.54 Å². The van der Waals surface area contributed by atoms with E-state index >= 15 is 0 Å². The summed E-state index contributed by atoms with van der Waals surface area (Å²) in [6.45, 7) is 1.52. The van der Waals surface area contributed by atoms with E-state index in [0.717, 1.165) is 17.7 Å². The van der Waals surface area contributed by atoms with Crippen LogP contribution in [0.25, 0.3) is 10.2 Å². The number of anilines is 1. The number of aromatic nitrogens is 4. The van der Waals surface area contributed by atoms with E-state index in [2.05, 4.69) is 15.0 Å². The zero-order chi connectivity index (χ0) is 20.1. The highest BCUT2D eigenvalue weighted by Crippen LogP contribution is 2.40. The van der Waals surface area contributed by atoms with E-state index in [-0.39, 0.29) is 12.5 Å². The highest BCUT2D eigenvalue weighted by Gasteiger charge is 2.23. The summed E-state index contributed by atoms with van der Waals surface area (Å²) in [6.07, 6.45) is 3.76. The number of carbonyl (C=O) groups excluding carboxylic acids is 1. The first-order valence-corrected chi connectivity index (χ1v) is 9.64. The van der Waals surface area contributed by atoms with Crippen LogP contribution in [0.1, 0.15) is 6.42 Å². The number of nitrogens with zero attached hydrogens (tertiary/aromatic N) is 6. The molecule has 0 bridgehead atoms. The Hall–Kier alpha value is -2.72. The molecule has 0 unspecified atom stereocenters. The lowest BCUT2D eigenvalue weighted by molar-refractivity contribution is -0.119. The zero-order valence-corrected chi connectivity index (χ0v) is 17.3. The maximum atomic E-state index is 13.0. The Balaban J connectivity index is 1.95. The maximum absolute atomic E-state index is 13.0. The van der Waals surface area contributed by atoms with Gasteiger partial charge < -0.3 is 14.4 Å². The second-order valence-electron chi connectivity index (χ2n) is 6.44. The molecule has 3 aromatic rings. The Labute approximate surface area is 167 Å². The molecule has 0 atom stereocenters. The molecule has 10 heteroatoms. The van der Waals surface area contributed by atoms with Crippen molar-refractivity contribution < 1.29 is 14.3 Å². The van der Waals surface area contributed by atoms with Gasteiger partial charge in [-0.1, -0.05) is 11.3 Å². The number of hydrogen-bond acceptors (Lipinski definition) is 8. The van der Waals surface area contributed by atoms with Crippen molar-refractivity contribution >= 4 is 32.6 Å². The van der Waals surface area contributed by atoms with Crippen LogP contribution in [0.4, 0.5) is 5.13 Å². The molecule has 0 aliphatic rings. The minimum atomic E-state index is -0.0961. The van der Waals surface area contributed by atoms with Crippen LogP contribution in [0.2, 0.25) is 0 Å². The summed E-state index contributed by atoms with van der Waals surface area (Å²) >= 11 is 1.42. The summed E-state index contributed by atoms with van der Waals surface area (Å²) in [5, 5.41) is 4.64. The number of hydrogen-bond donors (Lipinski definition) is 0. The maximum Gasteiger partial charge on any atom is 0.250 e. The Morgan fingerprint density at radius 3 is 2.57 bits per heavy atom. The highest BCUT2D eigenvalue weighted by molar-refractivity contribution is 7.22. The van der Waals surface area contributed by atoms with E-state index in [0.29, 0.717) is 28.7 Å². The second kappa shape index (κ2) is 8.98. The van der Waals surface area contributed by atoms with Crippen LogP contribution in [0.3, 0.4) is 0 Å². The summed E-state index contributed by atoms with van der Waals surface area (Å²) in [5.41, 5.74) is 0.688. The molecule has 0 saturated carbocycles. The van der Waals surface area contributed by atoms with Gasteiger partial charge in [0.1, 0.15) is 40.9 Å². The lowest BCUT2D eigenvalue weighted by Crippen LogP contribution is -2.36. The van der Waals surface area contributed by atoms with Gasteiger partial charge >= 0.3 is 0 Å². The molecule has 0 saturated heterocycles. The van der Waals surface area contributed by atoms with Crippen molar-refractivity contribution in [2.75, 3.05) is 46.3 Å². The van der Waals surface area contributed by atoms with Crippen molar-refractivity contribution in [2.45, 2.75) is 13.0 Å². The minimum Gasteiger partial charge on any atom is -0.495 e. The molecule has 0 fully saturated rings. The van der Waals surface area contributed by atoms with Gasteiger partial charge in [-0.05, 0) is 39.2 Å². The second-order valence-corrected chi connectivity index (χ2v) is 7.42. The number of benzene rings is 1. The molecule has 2 heterocycles. The first kappa shape index (κ1) is 20.0. The Bertz CT molecular complexity index is 884. The van der Waals surface area contributed by atoms with Crippen LogP contribution in [0.5, 0.6) is 11.5 Å². The molecular weight excluding hydrogens is 380 g/mol. The molecule has 0 N–H and O–H groups in total. The van der Waals surface area contributed by atoms with Gasteiger partial charge in [0.15, 0.2) is 5.13 Å². The van der Waals surface area contributed by atoms with Crippen LogP contribution >= 0.6 is 11.3 Å². The molecule has 0 spiro atoms. The molecule has 0 aliphatic carbocycles. The lowest BCUT2D eigenvalue weighted by atomic mass is 10.3. The zero-order valence-electron chi connectivity index (χ0n) is 16.5. The summed E-state index contributed by atoms with van der Waals surface area (Å²) in [7, 11) is 7.24. The fourth-order valence-electron chi connectivity index (χ4n) is 2.80. The fourth-order valence-corrected chi connectivity index (χ4v) is 3.92. The van der Waals surface area contributed by atoms with Crippen molar-refractivity contribution in [3.63, 3.8) is 0 Å². The van der Waals surface area contributed by atoms with Gasteiger partial charge in [0.2, 0.25) is 0 Å². The third-order valence-electron chi connectivity index (χ3n) is 4.18. The topological polar surface area (TPSA) is 85.6 Å². The van der Waals surface area contributed by atoms with Gasteiger partial charge in [-0.25, -0.2) is 14.6 Å². The van der Waals surface area contributed by atoms with Gasteiger partial charge in [-0.2, -0.15) is 5.10 Å². The first-order chi connectivity index (χ1) is 13.5. The van der Waals surface area contributed by atoms with Crippen molar-refractivity contribution in [1.29, 1.82) is 0 Å². The van der Waals surface area contributed by atoms with E-state index in [1.165, 1.54) is 28.7 Å². The molecule has 2 aromatic heterocycles. The Morgan fingerprint density at radius 1 is 1.18 bits per heavy atom. The van der Waals surface area contributed by atoms with Gasteiger partial charge in [-0.15, -0.1) is 0 Å². The molecular formula is C18H24N6O3S. The van der Waals surface area contributed by atoms with Crippen LogP contribution in [-0.4, -0.2) is 72.0 Å². The SMILES string of the molecule is COc1ccc(OC)c2sc(N(CCCN(C)C)C(=O)Cn3cncn3)nc12. The standard InChI is InChI=1S/C18H24N6O3S/c1-22(2)8-5-9-24(15(25)10-23-12-19-11-20-23)18-21-16-13(26-3)6-7-14(27-4)17(16)28-18/h6-7,11-12H,5,8-10H2,1-4H3. The normalized spacial score (nSPS) is 11.2. The van der Waals surface area contributed by atoms with Crippen LogP contribution in [0, 0.1) is 0 Å². The summed E-state index contributed by atoms with van der Waals surface area (Å²) in [5.74, 6) is 1.26. The number of carbonyl (C=O) groups is 1. The smallest absolute Gasteiger partial charge is 0.250 e. The summed E-state index contributed by atoms with van der Waals surface area (Å²) in [4.78, 5) is 25.4. The number of ether oxygens (including phenoxy) is 2. The van der Waals surface area contributed by atoms with Gasteiger partial charge in [0.25, 0.3) is 5.91 Å². The molecule has 0 aliphatic heterocycles. The number of amides is 1. The fraction of sp³-hybridized carbons (Fsp3) is 0.444. The van der Waals surface area contributed by atoms with E-state index in [4.69, 9.17) is 14.5 Å². The van der Waals surface area contributed by atoms with Gasteiger partial charge in [-0.3, -0.25) is 9.69 Å². The summed E-state index contributed by atoms with van der Waals surface area (Å²) in [6, 6.07) is 3.66. The molecule has 9 nitrogen and oxygen atoms in total. The number of rotatable bonds is 9. The lowest BCUT2D eigenvalue weighted by Gasteiger charge is -2.20. The molecule has 0 radical (unpaired) electrons. The molecule has 150 valence electrons. The third-order valence-corrected chi connectivity index (χ3v) is 5.27. The quantitative estimate of drug-likeness (QED) is 0.538. The van der Waals surface area contributed by atoms with Crippen LogP contribution in [0.15, 0.2) is 24.8 Å². The first-order valence-electron chi connectivity index (χ1n) is 8.82. The summed E-state index contributed by atoms with van der Waals surface area (Å²) < 4.78 is 13.3. The Kier molecular flexibility index (Phi) is 6.42. The predicted octanol–water partition coefficient (Wildman–Crippen LogP) is 1.89. The van der Waals surface area contributed by atoms with E-state index < -0.39 is 0 Å². The van der Waals surface area contributed by atoms with Crippen LogP contribution < -0.4 is 14.4 Å². The number of thiazole rings is 1. The van der Waals surface area contributed by atoms with E-state index in [1.54, 1.807) is 19.1 Å². The van der Waals surface area contributed by atoms with Crippen molar-refractivity contribution in [3.8, 4) is 11.5 Å². The highest BCUT2D eigenvalue weighted by atomic mass is 32.1. The minimum absolute atomic E-state index is 0.0961. The molecule has 28 heavy (non-hydrogen) atoms. The van der Waals surface area contributed by atoms with E-state index in [9.17, 15) is 4.79 Å². The third kappa shape index (κ3) is 4.39. The predicted molar refractivity (Wildman–Crippen MR) is 108 cm³/mol. The van der Waals surface area contributed by atoms with E-state index in [1.807, 2.05) is 26.2 Å². The molecule has 1 amide bonds. The van der Waals surface area contributed by atoms with Crippen molar-refractivity contribution in [1.82, 2.24) is 24.6 Å².